The van der Waals surface area contributed by atoms with Gasteiger partial charge < -0.3 is 10.1 Å². The highest BCUT2D eigenvalue weighted by Crippen LogP contribution is 2.22. The van der Waals surface area contributed by atoms with Crippen LogP contribution < -0.4 is 10.1 Å². The van der Waals surface area contributed by atoms with E-state index in [0.29, 0.717) is 34.9 Å². The maximum Gasteiger partial charge on any atom is 0.255 e. The Kier molecular flexibility index (Phi) is 5.63. The number of ketones is 1. The van der Waals surface area contributed by atoms with Crippen LogP contribution in [0, 0.1) is 0 Å². The molecular weight excluding hydrogens is 354 g/mol. The number of carbonyl (C=O) groups is 2. The van der Waals surface area contributed by atoms with Gasteiger partial charge in [0.25, 0.3) is 5.91 Å². The van der Waals surface area contributed by atoms with Crippen molar-refractivity contribution in [2.75, 3.05) is 6.61 Å². The maximum absolute atomic E-state index is 12.4. The van der Waals surface area contributed by atoms with Gasteiger partial charge in [-0.1, -0.05) is 12.1 Å². The Morgan fingerprint density at radius 1 is 1.12 bits per heavy atom. The van der Waals surface area contributed by atoms with Gasteiger partial charge in [-0.15, -0.1) is 11.3 Å². The van der Waals surface area contributed by atoms with E-state index in [2.05, 4.69) is 5.32 Å². The number of rotatable bonds is 7. The Labute approximate surface area is 154 Å². The van der Waals surface area contributed by atoms with E-state index >= 15 is 0 Å². The van der Waals surface area contributed by atoms with Crippen molar-refractivity contribution in [3.8, 4) is 5.75 Å². The van der Waals surface area contributed by atoms with Gasteiger partial charge in [0.2, 0.25) is 5.78 Å². The van der Waals surface area contributed by atoms with Crippen LogP contribution in [0.5, 0.6) is 5.75 Å². The molecule has 1 amide bonds. The van der Waals surface area contributed by atoms with E-state index in [9.17, 15) is 9.59 Å². The zero-order valence-electron chi connectivity index (χ0n) is 13.7. The van der Waals surface area contributed by atoms with Crippen molar-refractivity contribution in [3.63, 3.8) is 0 Å². The third kappa shape index (κ3) is 4.15. The molecule has 0 fully saturated rings. The molecule has 2 heterocycles. The Hall–Kier alpha value is -2.44. The molecule has 1 aromatic carbocycles. The van der Waals surface area contributed by atoms with Gasteiger partial charge in [0, 0.05) is 15.8 Å². The van der Waals surface area contributed by atoms with E-state index in [4.69, 9.17) is 4.74 Å². The summed E-state index contributed by atoms with van der Waals surface area (Å²) >= 11 is 2.90. The average Bonchev–Trinajstić information content (AvgIpc) is 3.32. The van der Waals surface area contributed by atoms with Crippen LogP contribution in [0.1, 0.15) is 37.4 Å². The van der Waals surface area contributed by atoms with Crippen molar-refractivity contribution in [2.24, 2.45) is 0 Å². The molecule has 0 aliphatic carbocycles. The summed E-state index contributed by atoms with van der Waals surface area (Å²) in [5.74, 6) is 0.399. The highest BCUT2D eigenvalue weighted by molar-refractivity contribution is 7.14. The summed E-state index contributed by atoms with van der Waals surface area (Å²) < 4.78 is 5.49. The van der Waals surface area contributed by atoms with Gasteiger partial charge in [0.05, 0.1) is 23.6 Å². The highest BCUT2D eigenvalue weighted by Gasteiger charge is 2.14. The molecule has 0 saturated carbocycles. The first kappa shape index (κ1) is 17.4. The minimum absolute atomic E-state index is 0.0190. The van der Waals surface area contributed by atoms with Gasteiger partial charge in [-0.25, -0.2) is 0 Å². The molecule has 0 unspecified atom stereocenters. The summed E-state index contributed by atoms with van der Waals surface area (Å²) in [5, 5.41) is 6.61. The molecule has 6 heteroatoms. The number of benzene rings is 1. The maximum atomic E-state index is 12.4. The van der Waals surface area contributed by atoms with Crippen LogP contribution in [0.25, 0.3) is 0 Å². The zero-order chi connectivity index (χ0) is 17.6. The zero-order valence-corrected chi connectivity index (χ0v) is 15.3. The number of ether oxygens (including phenoxy) is 1. The topological polar surface area (TPSA) is 55.4 Å². The van der Waals surface area contributed by atoms with Crippen molar-refractivity contribution < 1.29 is 14.3 Å². The molecule has 0 saturated heterocycles. The molecule has 2 aromatic heterocycles. The minimum atomic E-state index is -0.192. The summed E-state index contributed by atoms with van der Waals surface area (Å²) in [4.78, 5) is 26.3. The Morgan fingerprint density at radius 3 is 2.72 bits per heavy atom. The molecule has 1 N–H and O–H groups in total. The number of amides is 1. The monoisotopic (exact) mass is 371 g/mol. The number of hydrogen-bond acceptors (Lipinski definition) is 5. The van der Waals surface area contributed by atoms with Crippen LogP contribution in [-0.4, -0.2) is 18.3 Å². The number of hydrogen-bond donors (Lipinski definition) is 1. The Balaban J connectivity index is 1.64. The van der Waals surface area contributed by atoms with E-state index in [1.165, 1.54) is 22.7 Å². The molecule has 3 rings (SSSR count). The number of carbonyl (C=O) groups excluding carboxylic acids is 2. The Morgan fingerprint density at radius 2 is 1.96 bits per heavy atom. The van der Waals surface area contributed by atoms with Crippen LogP contribution in [0.4, 0.5) is 0 Å². The summed E-state index contributed by atoms with van der Waals surface area (Å²) in [6, 6.07) is 12.7. The molecule has 25 heavy (non-hydrogen) atoms. The molecule has 128 valence electrons. The third-order valence-corrected chi connectivity index (χ3v) is 5.29. The summed E-state index contributed by atoms with van der Waals surface area (Å²) in [6.07, 6.45) is 0. The summed E-state index contributed by atoms with van der Waals surface area (Å²) in [6.45, 7) is 2.76. The second kappa shape index (κ2) is 8.09. The largest absolute Gasteiger partial charge is 0.493 e. The van der Waals surface area contributed by atoms with Crippen molar-refractivity contribution in [1.82, 2.24) is 5.32 Å². The predicted molar refractivity (Wildman–Crippen MR) is 101 cm³/mol. The van der Waals surface area contributed by atoms with E-state index in [0.717, 1.165) is 4.88 Å². The smallest absolute Gasteiger partial charge is 0.255 e. The number of thiophene rings is 2. The van der Waals surface area contributed by atoms with Crippen molar-refractivity contribution >= 4 is 34.4 Å². The summed E-state index contributed by atoms with van der Waals surface area (Å²) in [7, 11) is 0. The molecule has 0 aliphatic heterocycles. The average molecular weight is 371 g/mol. The second-order valence-corrected chi connectivity index (χ2v) is 7.17. The van der Waals surface area contributed by atoms with Crippen molar-refractivity contribution in [3.05, 3.63) is 74.1 Å². The first-order chi connectivity index (χ1) is 12.2. The molecule has 0 radical (unpaired) electrons. The lowest BCUT2D eigenvalue weighted by atomic mass is 10.2. The molecule has 0 spiro atoms. The standard InChI is InChI=1S/C19H17NO3S2/c1-2-23-16-6-4-3-5-15(16)19(22)20-11-14-7-8-17(25-14)18(21)13-9-10-24-12-13/h3-10,12H,2,11H2,1H3,(H,20,22). The van der Waals surface area contributed by atoms with Crippen LogP contribution in [0.3, 0.4) is 0 Å². The van der Waals surface area contributed by atoms with Gasteiger partial charge in [-0.2, -0.15) is 11.3 Å². The molecule has 0 bridgehead atoms. The van der Waals surface area contributed by atoms with Gasteiger partial charge in [0.1, 0.15) is 5.75 Å². The molecule has 3 aromatic rings. The summed E-state index contributed by atoms with van der Waals surface area (Å²) in [5.41, 5.74) is 1.21. The first-order valence-corrected chi connectivity index (χ1v) is 9.60. The molecule has 0 atom stereocenters. The molecule has 0 aliphatic rings. The third-order valence-electron chi connectivity index (χ3n) is 3.52. The van der Waals surface area contributed by atoms with E-state index < -0.39 is 0 Å². The lowest BCUT2D eigenvalue weighted by Crippen LogP contribution is -2.23. The van der Waals surface area contributed by atoms with Gasteiger partial charge >= 0.3 is 0 Å². The lowest BCUT2D eigenvalue weighted by Gasteiger charge is -2.09. The second-order valence-electron chi connectivity index (χ2n) is 5.22. The molecular formula is C19H17NO3S2. The number of nitrogens with one attached hydrogen (secondary N) is 1. The van der Waals surface area contributed by atoms with Gasteiger partial charge in [0.15, 0.2) is 0 Å². The first-order valence-electron chi connectivity index (χ1n) is 7.84. The van der Waals surface area contributed by atoms with E-state index in [1.807, 2.05) is 35.9 Å². The molecule has 4 nitrogen and oxygen atoms in total. The fourth-order valence-corrected chi connectivity index (χ4v) is 3.87. The predicted octanol–water partition coefficient (Wildman–Crippen LogP) is 4.37. The van der Waals surface area contributed by atoms with E-state index in [1.54, 1.807) is 24.3 Å². The highest BCUT2D eigenvalue weighted by atomic mass is 32.1. The normalized spacial score (nSPS) is 10.4. The quantitative estimate of drug-likeness (QED) is 0.628. The van der Waals surface area contributed by atoms with Crippen LogP contribution in [-0.2, 0) is 6.54 Å². The van der Waals surface area contributed by atoms with E-state index in [-0.39, 0.29) is 11.7 Å². The van der Waals surface area contributed by atoms with Crippen molar-refractivity contribution in [1.29, 1.82) is 0 Å². The Bertz CT molecular complexity index is 868. The fourth-order valence-electron chi connectivity index (χ4n) is 2.33. The number of para-hydroxylation sites is 1. The van der Waals surface area contributed by atoms with Gasteiger partial charge in [-0.3, -0.25) is 9.59 Å². The van der Waals surface area contributed by atoms with Crippen LogP contribution in [0.2, 0.25) is 0 Å². The SMILES string of the molecule is CCOc1ccccc1C(=O)NCc1ccc(C(=O)c2ccsc2)s1. The van der Waals surface area contributed by atoms with Crippen LogP contribution >= 0.6 is 22.7 Å². The lowest BCUT2D eigenvalue weighted by molar-refractivity contribution is 0.0947. The fraction of sp³-hybridized carbons (Fsp3) is 0.158. The van der Waals surface area contributed by atoms with Crippen molar-refractivity contribution in [2.45, 2.75) is 13.5 Å². The minimum Gasteiger partial charge on any atom is -0.493 e. The van der Waals surface area contributed by atoms with Gasteiger partial charge in [-0.05, 0) is 42.6 Å². The van der Waals surface area contributed by atoms with Crippen LogP contribution in [0.15, 0.2) is 53.2 Å².